The molecule has 0 aliphatic carbocycles. The van der Waals surface area contributed by atoms with E-state index in [-0.39, 0.29) is 12.4 Å². The van der Waals surface area contributed by atoms with Crippen molar-refractivity contribution in [2.75, 3.05) is 0 Å². The van der Waals surface area contributed by atoms with E-state index in [1.165, 1.54) is 0 Å². The molecule has 0 saturated carbocycles. The lowest BCUT2D eigenvalue weighted by Crippen LogP contribution is -1.93. The van der Waals surface area contributed by atoms with Gasteiger partial charge in [0.25, 0.3) is 0 Å². The van der Waals surface area contributed by atoms with Gasteiger partial charge in [-0.15, -0.1) is 12.4 Å². The van der Waals surface area contributed by atoms with Crippen LogP contribution in [0.2, 0.25) is 0 Å². The molecule has 1 aromatic carbocycles. The third-order valence-electron chi connectivity index (χ3n) is 3.11. The highest BCUT2D eigenvalue weighted by atomic mass is 35.5. The number of halogens is 1. The number of benzene rings is 1. The molecular formula is C15H14ClN3S2. The Morgan fingerprint density at radius 2 is 2.10 bits per heavy atom. The Bertz CT molecular complexity index is 737. The van der Waals surface area contributed by atoms with Crippen LogP contribution in [0.15, 0.2) is 41.6 Å². The zero-order valence-corrected chi connectivity index (χ0v) is 13.8. The minimum Gasteiger partial charge on any atom is -0.341 e. The van der Waals surface area contributed by atoms with E-state index in [1.54, 1.807) is 23.3 Å². The van der Waals surface area contributed by atoms with E-state index in [0.29, 0.717) is 0 Å². The van der Waals surface area contributed by atoms with Crippen molar-refractivity contribution in [1.82, 2.24) is 15.0 Å². The second kappa shape index (κ2) is 7.02. The van der Waals surface area contributed by atoms with E-state index in [2.05, 4.69) is 15.0 Å². The van der Waals surface area contributed by atoms with Gasteiger partial charge in [0.15, 0.2) is 0 Å². The summed E-state index contributed by atoms with van der Waals surface area (Å²) in [5, 5.41) is 2.70. The molecule has 3 aromatic rings. The maximum atomic E-state index is 5.01. The van der Waals surface area contributed by atoms with E-state index in [0.717, 1.165) is 38.8 Å². The highest BCUT2D eigenvalue weighted by molar-refractivity contribution is 7.98. The fourth-order valence-corrected chi connectivity index (χ4v) is 3.15. The Morgan fingerprint density at radius 1 is 1.29 bits per heavy atom. The molecule has 0 fully saturated rings. The number of nitrogens with one attached hydrogen (secondary N) is 1. The zero-order valence-electron chi connectivity index (χ0n) is 11.4. The van der Waals surface area contributed by atoms with Gasteiger partial charge in [0.2, 0.25) is 0 Å². The predicted molar refractivity (Wildman–Crippen MR) is 94.6 cm³/mol. The summed E-state index contributed by atoms with van der Waals surface area (Å²) in [5.41, 5.74) is 4.26. The Balaban J connectivity index is 0.00000161. The monoisotopic (exact) mass is 335 g/mol. The average molecular weight is 336 g/mol. The predicted octanol–water partition coefficient (Wildman–Crippen LogP) is 4.33. The summed E-state index contributed by atoms with van der Waals surface area (Å²) in [6.45, 7) is 2.05. The molecule has 0 aliphatic heterocycles. The molecule has 3 nitrogen and oxygen atoms in total. The molecule has 0 bridgehead atoms. The van der Waals surface area contributed by atoms with E-state index in [9.17, 15) is 0 Å². The van der Waals surface area contributed by atoms with Gasteiger partial charge < -0.3 is 4.98 Å². The van der Waals surface area contributed by atoms with E-state index < -0.39 is 0 Å². The molecule has 1 N–H and O–H groups in total. The lowest BCUT2D eigenvalue weighted by atomic mass is 10.2. The topological polar surface area (TPSA) is 41.6 Å². The zero-order chi connectivity index (χ0) is 13.9. The smallest absolute Gasteiger partial charge is 0.117 e. The molecule has 6 heteroatoms. The molecule has 108 valence electrons. The van der Waals surface area contributed by atoms with Gasteiger partial charge in [-0.05, 0) is 36.2 Å². The summed E-state index contributed by atoms with van der Waals surface area (Å²) >= 11 is 6.68. The van der Waals surface area contributed by atoms with Crippen LogP contribution < -0.4 is 0 Å². The summed E-state index contributed by atoms with van der Waals surface area (Å²) in [6.07, 6.45) is 1.80. The Labute approximate surface area is 139 Å². The maximum absolute atomic E-state index is 5.01. The molecule has 21 heavy (non-hydrogen) atoms. The van der Waals surface area contributed by atoms with Crippen molar-refractivity contribution >= 4 is 52.8 Å². The number of hydrogen-bond acceptors (Lipinski definition) is 4. The molecular weight excluding hydrogens is 322 g/mol. The van der Waals surface area contributed by atoms with Gasteiger partial charge in [-0.3, -0.25) is 0 Å². The summed E-state index contributed by atoms with van der Waals surface area (Å²) in [7, 11) is 0. The number of rotatable bonds is 4. The molecule has 0 aliphatic rings. The number of aromatic nitrogens is 3. The number of aromatic amines is 1. The van der Waals surface area contributed by atoms with Crippen LogP contribution in [0.5, 0.6) is 0 Å². The van der Waals surface area contributed by atoms with Crippen LogP contribution in [-0.4, -0.2) is 20.3 Å². The number of H-pyrrole nitrogens is 1. The van der Waals surface area contributed by atoms with Crippen molar-refractivity contribution in [2.24, 2.45) is 0 Å². The number of imidazole rings is 1. The first-order valence-corrected chi connectivity index (χ1v) is 7.71. The number of hydrogen-bond donors (Lipinski definition) is 1. The van der Waals surface area contributed by atoms with E-state index >= 15 is 0 Å². The van der Waals surface area contributed by atoms with E-state index in [1.807, 2.05) is 37.3 Å². The van der Waals surface area contributed by atoms with Crippen LogP contribution >= 0.6 is 36.4 Å². The number of fused-ring (bicyclic) bond motifs is 1. The quantitative estimate of drug-likeness (QED) is 0.569. The van der Waals surface area contributed by atoms with Crippen LogP contribution in [0, 0.1) is 6.92 Å². The second-order valence-electron chi connectivity index (χ2n) is 4.44. The van der Waals surface area contributed by atoms with Gasteiger partial charge in [-0.25, -0.2) is 9.97 Å². The first-order chi connectivity index (χ1) is 9.78. The van der Waals surface area contributed by atoms with E-state index in [4.69, 9.17) is 12.2 Å². The summed E-state index contributed by atoms with van der Waals surface area (Å²) in [4.78, 5) is 12.3. The van der Waals surface area contributed by atoms with Crippen LogP contribution in [0.3, 0.4) is 0 Å². The van der Waals surface area contributed by atoms with Crippen LogP contribution in [-0.2, 0) is 5.75 Å². The summed E-state index contributed by atoms with van der Waals surface area (Å²) in [5.74, 6) is 1.73. The number of para-hydroxylation sites is 2. The molecule has 0 saturated heterocycles. The van der Waals surface area contributed by atoms with Crippen molar-refractivity contribution in [1.29, 1.82) is 0 Å². The minimum absolute atomic E-state index is 0. The molecule has 0 radical (unpaired) electrons. The Hall–Kier alpha value is -1.43. The van der Waals surface area contributed by atoms with Crippen molar-refractivity contribution in [3.8, 4) is 0 Å². The standard InChI is InChI=1S/C15H13N3S2.ClH/c1-10-11(8-19)6-7-16-15(10)20-9-14-17-12-4-2-3-5-13(12)18-14;/h2-8H,9H2,1H3,(H,17,18);1H. The first kappa shape index (κ1) is 15.9. The highest BCUT2D eigenvalue weighted by Crippen LogP contribution is 2.25. The average Bonchev–Trinajstić information content (AvgIpc) is 2.89. The number of thiocarbonyl (C=S) groups is 1. The van der Waals surface area contributed by atoms with Crippen LogP contribution in [0.4, 0.5) is 0 Å². The molecule has 0 amide bonds. The highest BCUT2D eigenvalue weighted by Gasteiger charge is 2.07. The molecule has 2 heterocycles. The van der Waals surface area contributed by atoms with Gasteiger partial charge in [-0.1, -0.05) is 36.1 Å². The van der Waals surface area contributed by atoms with Crippen molar-refractivity contribution in [2.45, 2.75) is 17.7 Å². The van der Waals surface area contributed by atoms with Gasteiger partial charge in [0, 0.05) is 11.6 Å². The molecule has 0 unspecified atom stereocenters. The van der Waals surface area contributed by atoms with Crippen LogP contribution in [0.1, 0.15) is 17.0 Å². The van der Waals surface area contributed by atoms with Crippen molar-refractivity contribution in [3.05, 3.63) is 53.5 Å². The maximum Gasteiger partial charge on any atom is 0.117 e. The Morgan fingerprint density at radius 3 is 2.86 bits per heavy atom. The third-order valence-corrected chi connectivity index (χ3v) is 4.47. The van der Waals surface area contributed by atoms with Crippen LogP contribution in [0.25, 0.3) is 11.0 Å². The minimum atomic E-state index is 0. The lowest BCUT2D eigenvalue weighted by Gasteiger charge is -2.05. The third kappa shape index (κ3) is 3.43. The number of pyridine rings is 1. The molecule has 0 spiro atoms. The summed E-state index contributed by atoms with van der Waals surface area (Å²) < 4.78 is 0. The fraction of sp³-hybridized carbons (Fsp3) is 0.133. The SMILES string of the molecule is Cc1c(C=S)ccnc1SCc1nc2ccccc2[nH]1.Cl. The number of thioether (sulfide) groups is 1. The van der Waals surface area contributed by atoms with Gasteiger partial charge in [0.1, 0.15) is 5.82 Å². The molecule has 3 rings (SSSR count). The van der Waals surface area contributed by atoms with Gasteiger partial charge in [-0.2, -0.15) is 0 Å². The van der Waals surface area contributed by atoms with Gasteiger partial charge >= 0.3 is 0 Å². The first-order valence-electron chi connectivity index (χ1n) is 6.25. The largest absolute Gasteiger partial charge is 0.341 e. The lowest BCUT2D eigenvalue weighted by molar-refractivity contribution is 1.06. The Kier molecular flexibility index (Phi) is 5.33. The van der Waals surface area contributed by atoms with Crippen molar-refractivity contribution < 1.29 is 0 Å². The fourth-order valence-electron chi connectivity index (χ4n) is 2.01. The summed E-state index contributed by atoms with van der Waals surface area (Å²) in [6, 6.07) is 9.98. The van der Waals surface area contributed by atoms with Crippen molar-refractivity contribution in [3.63, 3.8) is 0 Å². The van der Waals surface area contributed by atoms with Gasteiger partial charge in [0.05, 0.1) is 21.8 Å². The molecule has 0 atom stereocenters. The number of nitrogens with zero attached hydrogens (tertiary/aromatic N) is 2. The second-order valence-corrected chi connectivity index (χ2v) is 5.64. The normalized spacial score (nSPS) is 10.3. The molecule has 2 aromatic heterocycles.